The van der Waals surface area contributed by atoms with E-state index in [-0.39, 0.29) is 23.9 Å². The Kier molecular flexibility index (Phi) is 6.44. The molecule has 0 saturated carbocycles. The maximum absolute atomic E-state index is 13.0. The lowest BCUT2D eigenvalue weighted by Crippen LogP contribution is -2.26. The Hall–Kier alpha value is -3.68. The zero-order valence-corrected chi connectivity index (χ0v) is 19.5. The summed E-state index contributed by atoms with van der Waals surface area (Å²) in [7, 11) is 0. The van der Waals surface area contributed by atoms with E-state index in [0.29, 0.717) is 36.1 Å². The summed E-state index contributed by atoms with van der Waals surface area (Å²) in [5.41, 5.74) is 3.86. The molecule has 4 aromatic rings. The second kappa shape index (κ2) is 9.44. The molecule has 0 spiro atoms. The largest absolute Gasteiger partial charge is 0.334 e. The number of fused-ring (bicyclic) bond motifs is 1. The van der Waals surface area contributed by atoms with Crippen LogP contribution >= 0.6 is 0 Å². The van der Waals surface area contributed by atoms with Gasteiger partial charge in [-0.1, -0.05) is 50.2 Å². The highest BCUT2D eigenvalue weighted by Crippen LogP contribution is 2.30. The van der Waals surface area contributed by atoms with E-state index in [1.54, 1.807) is 9.13 Å². The fraction of sp³-hybridized carbons (Fsp3) is 0.360. The van der Waals surface area contributed by atoms with Gasteiger partial charge in [0.1, 0.15) is 0 Å². The second-order valence-electron chi connectivity index (χ2n) is 8.48. The zero-order chi connectivity index (χ0) is 23.5. The van der Waals surface area contributed by atoms with Gasteiger partial charge in [-0.3, -0.25) is 13.9 Å². The van der Waals surface area contributed by atoms with Crippen molar-refractivity contribution in [2.75, 3.05) is 5.32 Å². The van der Waals surface area contributed by atoms with Gasteiger partial charge in [0.15, 0.2) is 5.82 Å². The van der Waals surface area contributed by atoms with Crippen molar-refractivity contribution in [1.82, 2.24) is 19.3 Å². The van der Waals surface area contributed by atoms with Crippen LogP contribution in [0.4, 0.5) is 5.69 Å². The van der Waals surface area contributed by atoms with Crippen molar-refractivity contribution in [2.24, 2.45) is 0 Å². The smallest absolute Gasteiger partial charge is 0.329 e. The maximum atomic E-state index is 13.0. The summed E-state index contributed by atoms with van der Waals surface area (Å²) in [6, 6.07) is 13.4. The van der Waals surface area contributed by atoms with Gasteiger partial charge in [0.2, 0.25) is 5.91 Å². The number of carbonyl (C=O) groups excluding carboxylic acids is 1. The molecule has 2 aromatic carbocycles. The normalized spacial score (nSPS) is 11.4. The van der Waals surface area contributed by atoms with Crippen molar-refractivity contribution >= 4 is 22.6 Å². The number of carbonyl (C=O) groups is 1. The Bertz CT molecular complexity index is 1350. The summed E-state index contributed by atoms with van der Waals surface area (Å²) in [5.74, 6) is 0.940. The molecule has 0 radical (unpaired) electrons. The van der Waals surface area contributed by atoms with Crippen LogP contribution in [0.25, 0.3) is 22.5 Å². The number of benzene rings is 2. The van der Waals surface area contributed by atoms with Crippen molar-refractivity contribution in [2.45, 2.75) is 59.5 Å². The average molecular weight is 448 g/mol. The second-order valence-corrected chi connectivity index (χ2v) is 8.48. The lowest BCUT2D eigenvalue weighted by atomic mass is 10.1. The molecule has 0 aliphatic heterocycles. The molecular formula is C25H29N5O3. The predicted octanol–water partition coefficient (Wildman–Crippen LogP) is 4.72. The highest BCUT2D eigenvalue weighted by atomic mass is 16.5. The highest BCUT2D eigenvalue weighted by Gasteiger charge is 2.18. The highest BCUT2D eigenvalue weighted by molar-refractivity contribution is 5.95. The van der Waals surface area contributed by atoms with Crippen molar-refractivity contribution in [3.8, 4) is 11.5 Å². The fourth-order valence-electron chi connectivity index (χ4n) is 3.93. The van der Waals surface area contributed by atoms with Gasteiger partial charge in [-0.25, -0.2) is 4.79 Å². The SMILES string of the molecule is CCCn1c(=O)n(CCC(=O)Nc2c(C)cccc2-c2nc(C(C)C)no2)c2ccccc21. The number of aromatic nitrogens is 4. The molecule has 8 heteroatoms. The van der Waals surface area contributed by atoms with Crippen LogP contribution in [-0.2, 0) is 17.9 Å². The third kappa shape index (κ3) is 4.46. The summed E-state index contributed by atoms with van der Waals surface area (Å²) in [6.07, 6.45) is 1.02. The molecule has 1 amide bonds. The van der Waals surface area contributed by atoms with Gasteiger partial charge in [-0.2, -0.15) is 4.98 Å². The van der Waals surface area contributed by atoms with Gasteiger partial charge in [0.25, 0.3) is 5.89 Å². The number of nitrogens with zero attached hydrogens (tertiary/aromatic N) is 4. The van der Waals surface area contributed by atoms with Gasteiger partial charge in [-0.15, -0.1) is 0 Å². The summed E-state index contributed by atoms with van der Waals surface area (Å²) < 4.78 is 8.90. The summed E-state index contributed by atoms with van der Waals surface area (Å²) in [5, 5.41) is 7.03. The minimum atomic E-state index is -0.187. The molecule has 0 atom stereocenters. The standard InChI is InChI=1S/C25H29N5O3/c1-5-14-29-19-11-6-7-12-20(19)30(25(29)32)15-13-21(31)26-22-17(4)9-8-10-18(22)24-27-23(16(2)3)28-33-24/h6-12,16H,5,13-15H2,1-4H3,(H,26,31). The monoisotopic (exact) mass is 447 g/mol. The Morgan fingerprint density at radius 1 is 1.06 bits per heavy atom. The topological polar surface area (TPSA) is 95.0 Å². The van der Waals surface area contributed by atoms with Crippen LogP contribution in [0, 0.1) is 6.92 Å². The Morgan fingerprint density at radius 3 is 2.39 bits per heavy atom. The first kappa shape index (κ1) is 22.5. The molecule has 0 aliphatic rings. The quantitative estimate of drug-likeness (QED) is 0.422. The molecule has 0 aliphatic carbocycles. The number of nitrogens with one attached hydrogen (secondary N) is 1. The van der Waals surface area contributed by atoms with Gasteiger partial charge < -0.3 is 9.84 Å². The summed E-state index contributed by atoms with van der Waals surface area (Å²) >= 11 is 0. The third-order valence-corrected chi connectivity index (χ3v) is 5.66. The zero-order valence-electron chi connectivity index (χ0n) is 19.5. The van der Waals surface area contributed by atoms with E-state index in [0.717, 1.165) is 23.0 Å². The fourth-order valence-corrected chi connectivity index (χ4v) is 3.93. The third-order valence-electron chi connectivity index (χ3n) is 5.66. The van der Waals surface area contributed by atoms with Crippen molar-refractivity contribution in [3.05, 3.63) is 64.3 Å². The number of rotatable bonds is 8. The Morgan fingerprint density at radius 2 is 1.76 bits per heavy atom. The van der Waals surface area contributed by atoms with Crippen LogP contribution in [-0.4, -0.2) is 25.2 Å². The minimum Gasteiger partial charge on any atom is -0.334 e. The van der Waals surface area contributed by atoms with Gasteiger partial charge in [-0.05, 0) is 37.1 Å². The first-order valence-electron chi connectivity index (χ1n) is 11.3. The van der Waals surface area contributed by atoms with Crippen LogP contribution in [0.5, 0.6) is 0 Å². The van der Waals surface area contributed by atoms with Crippen LogP contribution in [0.1, 0.15) is 50.9 Å². The molecule has 2 aromatic heterocycles. The van der Waals surface area contributed by atoms with Crippen LogP contribution in [0.3, 0.4) is 0 Å². The first-order valence-corrected chi connectivity index (χ1v) is 11.3. The van der Waals surface area contributed by atoms with Gasteiger partial charge in [0, 0.05) is 25.4 Å². The van der Waals surface area contributed by atoms with E-state index >= 15 is 0 Å². The average Bonchev–Trinajstić information content (AvgIpc) is 3.38. The van der Waals surface area contributed by atoms with E-state index in [2.05, 4.69) is 15.5 Å². The van der Waals surface area contributed by atoms with Crippen LogP contribution in [0.15, 0.2) is 51.8 Å². The molecule has 4 rings (SSSR count). The summed E-state index contributed by atoms with van der Waals surface area (Å²) in [6.45, 7) is 8.88. The molecular weight excluding hydrogens is 418 g/mol. The Balaban J connectivity index is 1.56. The number of amides is 1. The predicted molar refractivity (Wildman–Crippen MR) is 128 cm³/mol. The lowest BCUT2D eigenvalue weighted by Gasteiger charge is -2.12. The lowest BCUT2D eigenvalue weighted by molar-refractivity contribution is -0.116. The molecule has 0 unspecified atom stereocenters. The number of anilines is 1. The minimum absolute atomic E-state index is 0.0884. The van der Waals surface area contributed by atoms with Crippen molar-refractivity contribution < 1.29 is 9.32 Å². The van der Waals surface area contributed by atoms with Crippen molar-refractivity contribution in [1.29, 1.82) is 0 Å². The van der Waals surface area contributed by atoms with E-state index in [9.17, 15) is 9.59 Å². The number of para-hydroxylation sites is 3. The molecule has 0 saturated heterocycles. The van der Waals surface area contributed by atoms with E-state index in [4.69, 9.17) is 4.52 Å². The van der Waals surface area contributed by atoms with E-state index in [1.807, 2.05) is 70.2 Å². The van der Waals surface area contributed by atoms with Crippen LogP contribution in [0.2, 0.25) is 0 Å². The number of aryl methyl sites for hydroxylation is 3. The number of hydrogen-bond acceptors (Lipinski definition) is 5. The molecule has 172 valence electrons. The molecule has 8 nitrogen and oxygen atoms in total. The van der Waals surface area contributed by atoms with E-state index in [1.165, 1.54) is 0 Å². The van der Waals surface area contributed by atoms with Crippen molar-refractivity contribution in [3.63, 3.8) is 0 Å². The molecule has 1 N–H and O–H groups in total. The maximum Gasteiger partial charge on any atom is 0.329 e. The summed E-state index contributed by atoms with van der Waals surface area (Å²) in [4.78, 5) is 30.4. The number of hydrogen-bond donors (Lipinski definition) is 1. The number of imidazole rings is 1. The van der Waals surface area contributed by atoms with Crippen LogP contribution < -0.4 is 11.0 Å². The molecule has 2 heterocycles. The molecule has 33 heavy (non-hydrogen) atoms. The Labute approximate surface area is 192 Å². The first-order chi connectivity index (χ1) is 15.9. The van der Waals surface area contributed by atoms with Gasteiger partial charge >= 0.3 is 5.69 Å². The van der Waals surface area contributed by atoms with Gasteiger partial charge in [0.05, 0.1) is 22.3 Å². The molecule has 0 bridgehead atoms. The van der Waals surface area contributed by atoms with E-state index < -0.39 is 0 Å². The molecule has 0 fully saturated rings.